The molecule has 0 spiro atoms. The maximum absolute atomic E-state index is 2.51. The van der Waals surface area contributed by atoms with Gasteiger partial charge >= 0.3 is 0 Å². The van der Waals surface area contributed by atoms with Crippen LogP contribution in [0.4, 0.5) is 0 Å². The van der Waals surface area contributed by atoms with Gasteiger partial charge in [0.05, 0.1) is 16.2 Å². The van der Waals surface area contributed by atoms with Crippen LogP contribution < -0.4 is 0 Å². The Hall–Kier alpha value is -10.9. The third-order valence-electron chi connectivity index (χ3n) is 23.7. The van der Waals surface area contributed by atoms with E-state index in [-0.39, 0.29) is 5.41 Å². The molecule has 4 aliphatic carbocycles. The van der Waals surface area contributed by atoms with Crippen LogP contribution in [0.15, 0.2) is 309 Å². The molecule has 3 unspecified atom stereocenters. The Morgan fingerprint density at radius 2 is 0.596 bits per heavy atom. The topological polar surface area (TPSA) is 0 Å². The summed E-state index contributed by atoms with van der Waals surface area (Å²) in [4.78, 5) is 0. The summed E-state index contributed by atoms with van der Waals surface area (Å²) in [5, 5.41) is 0. The fourth-order valence-electron chi connectivity index (χ4n) is 19.1. The van der Waals surface area contributed by atoms with E-state index in [9.17, 15) is 0 Å². The molecule has 0 heteroatoms. The highest BCUT2D eigenvalue weighted by molar-refractivity contribution is 5.91. The van der Waals surface area contributed by atoms with Crippen LogP contribution in [0.3, 0.4) is 0 Å². The van der Waals surface area contributed by atoms with Gasteiger partial charge in [-0.2, -0.15) is 0 Å². The number of fused-ring (bicyclic) bond motifs is 12. The summed E-state index contributed by atoms with van der Waals surface area (Å²) >= 11 is 0. The van der Waals surface area contributed by atoms with Crippen molar-refractivity contribution in [2.45, 2.75) is 95.8 Å². The van der Waals surface area contributed by atoms with Crippen LogP contribution >= 0.6 is 0 Å². The quantitative estimate of drug-likeness (QED) is 0.108. The Morgan fingerprint density at radius 3 is 1.10 bits per heavy atom. The molecule has 4 aliphatic rings. The molecular weight excluding hydrogens is 1190 g/mol. The van der Waals surface area contributed by atoms with Crippen molar-refractivity contribution in [1.82, 2.24) is 0 Å². The predicted octanol–water partition coefficient (Wildman–Crippen LogP) is 23.7. The molecule has 0 saturated carbocycles. The third-order valence-corrected chi connectivity index (χ3v) is 23.7. The summed E-state index contributed by atoms with van der Waals surface area (Å²) in [6.45, 7) is 15.8. The van der Waals surface area contributed by atoms with Crippen LogP contribution in [0.1, 0.15) is 152 Å². The highest BCUT2D eigenvalue weighted by atomic mass is 14.5. The lowest BCUT2D eigenvalue weighted by atomic mass is 9.67. The SMILES string of the molecule is Cc1ccc(C2(c3ccc(Cc4ccc5c(c4)-c4ccc(C)cc4C5(c4ccc(C)cc4)c4ccc(C)cc4)cc3)c3ccccc3-c3cc(Cc4ccc(C5(c6ccc(C)cc6)c6ccccc6-c6c(CCC7(C)c8ccccc8-c8cccc(C)c87)cccc65)cc4)ccc32)cc1. The van der Waals surface area contributed by atoms with Gasteiger partial charge in [0.2, 0.25) is 0 Å². The maximum atomic E-state index is 2.51. The Balaban J connectivity index is 0.684. The van der Waals surface area contributed by atoms with E-state index in [1.807, 2.05) is 0 Å². The van der Waals surface area contributed by atoms with Crippen LogP contribution in [0.2, 0.25) is 0 Å². The first kappa shape index (κ1) is 60.5. The predicted molar refractivity (Wildman–Crippen MR) is 412 cm³/mol. The number of rotatable bonds is 13. The van der Waals surface area contributed by atoms with E-state index in [4.69, 9.17) is 0 Å². The second-order valence-corrected chi connectivity index (χ2v) is 29.6. The molecule has 0 radical (unpaired) electrons. The van der Waals surface area contributed by atoms with E-state index in [0.717, 1.165) is 25.7 Å². The molecule has 18 rings (SSSR count). The standard InChI is InChI=1S/C99H80/c1-63-26-41-74(42-27-63)97(78-49-35-69(36-50-78)60-72-40-55-91-86(62-72)82-53-34-67(5)58-93(82)99(91,76-45-30-65(3)31-46-76)77-47-32-66(4)33-48-77)88-23-12-9-19-81(88)85-61-71(39-54-90(85)97)59-70-37-51-79(52-38-70)98(75-43-28-64(2)29-44-75)89-24-13-10-20-84(89)94-73(17-15-25-92(94)98)56-57-96(7)87-22-11-8-18-80(87)83-21-14-16-68(6)95(83)96/h8-55,58,61-62H,56-57,59-60H2,1-7H3. The molecular formula is C99H80. The van der Waals surface area contributed by atoms with Crippen LogP contribution in [-0.2, 0) is 40.9 Å². The van der Waals surface area contributed by atoms with Crippen LogP contribution in [-0.4, -0.2) is 0 Å². The van der Waals surface area contributed by atoms with Crippen molar-refractivity contribution in [2.24, 2.45) is 0 Å². The molecule has 0 aromatic heterocycles. The lowest BCUT2D eigenvalue weighted by Gasteiger charge is -2.34. The normalized spacial score (nSPS) is 17.6. The molecule has 476 valence electrons. The van der Waals surface area contributed by atoms with Gasteiger partial charge in [0.25, 0.3) is 0 Å². The largest absolute Gasteiger partial charge is 0.0713 e. The average Bonchev–Trinajstić information content (AvgIpc) is 1.57. The van der Waals surface area contributed by atoms with E-state index >= 15 is 0 Å². The van der Waals surface area contributed by atoms with Gasteiger partial charge in [-0.25, -0.2) is 0 Å². The zero-order valence-electron chi connectivity index (χ0n) is 57.8. The average molecular weight is 1270 g/mol. The van der Waals surface area contributed by atoms with Crippen molar-refractivity contribution < 1.29 is 0 Å². The molecule has 99 heavy (non-hydrogen) atoms. The van der Waals surface area contributed by atoms with E-state index in [2.05, 4.69) is 358 Å². The summed E-state index contributed by atoms with van der Waals surface area (Å²) in [5.74, 6) is 0. The van der Waals surface area contributed by atoms with Gasteiger partial charge < -0.3 is 0 Å². The number of benzene rings is 14. The van der Waals surface area contributed by atoms with Gasteiger partial charge in [-0.05, 0) is 223 Å². The first-order valence-corrected chi connectivity index (χ1v) is 35.7. The van der Waals surface area contributed by atoms with Gasteiger partial charge in [0.1, 0.15) is 0 Å². The molecule has 0 N–H and O–H groups in total. The smallest absolute Gasteiger partial charge is 0.0619 e. The molecule has 0 heterocycles. The highest BCUT2D eigenvalue weighted by Crippen LogP contribution is 2.61. The van der Waals surface area contributed by atoms with E-state index in [1.54, 1.807) is 0 Å². The maximum Gasteiger partial charge on any atom is 0.0713 e. The first-order chi connectivity index (χ1) is 48.3. The molecule has 3 atom stereocenters. The monoisotopic (exact) mass is 1270 g/mol. The van der Waals surface area contributed by atoms with Crippen molar-refractivity contribution in [2.75, 3.05) is 0 Å². The number of hydrogen-bond donors (Lipinski definition) is 0. The fraction of sp³-hybridized carbons (Fsp3) is 0.152. The molecule has 0 saturated heterocycles. The summed E-state index contributed by atoms with van der Waals surface area (Å²) < 4.78 is 0. The van der Waals surface area contributed by atoms with E-state index in [0.29, 0.717) is 0 Å². The summed E-state index contributed by atoms with van der Waals surface area (Å²) in [5.41, 5.74) is 42.3. The molecule has 0 bridgehead atoms. The fourth-order valence-corrected chi connectivity index (χ4v) is 19.1. The minimum absolute atomic E-state index is 0.108. The van der Waals surface area contributed by atoms with E-state index in [1.165, 1.54) is 184 Å². The highest BCUT2D eigenvalue weighted by Gasteiger charge is 2.50. The third kappa shape index (κ3) is 9.11. The Bertz CT molecular complexity index is 5480. The zero-order valence-corrected chi connectivity index (χ0v) is 57.8. The Kier molecular flexibility index (Phi) is 14.1. The Labute approximate surface area is 585 Å². The second-order valence-electron chi connectivity index (χ2n) is 29.6. The summed E-state index contributed by atoms with van der Waals surface area (Å²) in [6, 6.07) is 120. The van der Waals surface area contributed by atoms with Gasteiger partial charge in [-0.3, -0.25) is 0 Å². The zero-order chi connectivity index (χ0) is 66.9. The van der Waals surface area contributed by atoms with Gasteiger partial charge in [0, 0.05) is 5.41 Å². The van der Waals surface area contributed by atoms with Crippen LogP contribution in [0.5, 0.6) is 0 Å². The second kappa shape index (κ2) is 23.1. The van der Waals surface area contributed by atoms with Gasteiger partial charge in [-0.1, -0.05) is 344 Å². The van der Waals surface area contributed by atoms with Crippen molar-refractivity contribution in [3.63, 3.8) is 0 Å². The minimum Gasteiger partial charge on any atom is -0.0619 e. The van der Waals surface area contributed by atoms with Crippen LogP contribution in [0, 0.1) is 41.5 Å². The summed E-state index contributed by atoms with van der Waals surface area (Å²) in [7, 11) is 0. The molecule has 0 fully saturated rings. The number of hydrogen-bond acceptors (Lipinski definition) is 0. The summed E-state index contributed by atoms with van der Waals surface area (Å²) in [6.07, 6.45) is 3.61. The first-order valence-electron chi connectivity index (χ1n) is 35.7. The molecule has 0 amide bonds. The van der Waals surface area contributed by atoms with Gasteiger partial charge in [-0.15, -0.1) is 0 Å². The van der Waals surface area contributed by atoms with Crippen molar-refractivity contribution in [1.29, 1.82) is 0 Å². The lowest BCUT2D eigenvalue weighted by molar-refractivity contribution is 0.530. The van der Waals surface area contributed by atoms with Crippen LogP contribution in [0.25, 0.3) is 44.5 Å². The Morgan fingerprint density at radius 1 is 0.242 bits per heavy atom. The van der Waals surface area contributed by atoms with Crippen molar-refractivity contribution >= 4 is 0 Å². The molecule has 14 aromatic carbocycles. The molecule has 0 nitrogen and oxygen atoms in total. The molecule has 0 aliphatic heterocycles. The van der Waals surface area contributed by atoms with Gasteiger partial charge in [0.15, 0.2) is 0 Å². The van der Waals surface area contributed by atoms with E-state index < -0.39 is 16.2 Å². The van der Waals surface area contributed by atoms with Crippen molar-refractivity contribution in [3.8, 4) is 44.5 Å². The molecule has 14 aromatic rings. The number of aryl methyl sites for hydroxylation is 7. The van der Waals surface area contributed by atoms with Crippen molar-refractivity contribution in [3.05, 3.63) is 448 Å². The minimum atomic E-state index is -0.522. The lowest BCUT2D eigenvalue weighted by Crippen LogP contribution is -2.28.